The number of nitrogens with one attached hydrogen (secondary N) is 1. The van der Waals surface area contributed by atoms with E-state index in [1.54, 1.807) is 11.8 Å². The first-order valence-electron chi connectivity index (χ1n) is 9.64. The third-order valence-corrected chi connectivity index (χ3v) is 6.63. The lowest BCUT2D eigenvalue weighted by atomic mass is 10.2. The normalized spacial score (nSPS) is 13.2. The van der Waals surface area contributed by atoms with E-state index in [4.69, 9.17) is 0 Å². The molecule has 3 aromatic rings. The van der Waals surface area contributed by atoms with Crippen molar-refractivity contribution in [2.24, 2.45) is 0 Å². The Hall–Kier alpha value is -2.44. The van der Waals surface area contributed by atoms with Crippen LogP contribution in [0.1, 0.15) is 18.9 Å². The summed E-state index contributed by atoms with van der Waals surface area (Å²) in [6.07, 6.45) is 6.13. The molecule has 1 aromatic heterocycles. The van der Waals surface area contributed by atoms with Gasteiger partial charge in [0.25, 0.3) is 0 Å². The molecule has 0 aliphatic heterocycles. The Morgan fingerprint density at radius 3 is 2.66 bits per heavy atom. The molecule has 1 amide bonds. The van der Waals surface area contributed by atoms with Gasteiger partial charge in [0.05, 0.1) is 23.3 Å². The lowest BCUT2D eigenvalue weighted by Crippen LogP contribution is -2.15. The first-order chi connectivity index (χ1) is 14.3. The molecule has 4 nitrogen and oxygen atoms in total. The molecule has 1 saturated carbocycles. The van der Waals surface area contributed by atoms with Crippen molar-refractivity contribution < 1.29 is 4.79 Å². The van der Waals surface area contributed by atoms with Crippen molar-refractivity contribution in [2.45, 2.75) is 28.9 Å². The smallest absolute Gasteiger partial charge is 0.234 e. The zero-order valence-electron chi connectivity index (χ0n) is 16.1. The molecule has 2 aromatic carbocycles. The molecule has 1 fully saturated rings. The van der Waals surface area contributed by atoms with Crippen LogP contribution in [0.25, 0.3) is 11.3 Å². The highest BCUT2D eigenvalue weighted by Gasteiger charge is 2.29. The third kappa shape index (κ3) is 4.95. The number of imidazole rings is 1. The average molecular weight is 422 g/mol. The topological polar surface area (TPSA) is 46.9 Å². The Kier molecular flexibility index (Phi) is 6.42. The maximum Gasteiger partial charge on any atom is 0.234 e. The molecule has 0 bridgehead atoms. The largest absolute Gasteiger partial charge is 0.324 e. The van der Waals surface area contributed by atoms with Gasteiger partial charge in [-0.05, 0) is 30.5 Å². The van der Waals surface area contributed by atoms with Crippen molar-refractivity contribution in [1.29, 1.82) is 0 Å². The summed E-state index contributed by atoms with van der Waals surface area (Å²) < 4.78 is 2.29. The molecule has 6 heteroatoms. The summed E-state index contributed by atoms with van der Waals surface area (Å²) in [6.45, 7) is 3.76. The van der Waals surface area contributed by atoms with E-state index in [1.807, 2.05) is 54.7 Å². The highest BCUT2D eigenvalue weighted by molar-refractivity contribution is 8.00. The van der Waals surface area contributed by atoms with E-state index < -0.39 is 0 Å². The number of anilines is 1. The van der Waals surface area contributed by atoms with Crippen molar-refractivity contribution in [3.8, 4) is 11.3 Å². The Morgan fingerprint density at radius 2 is 1.90 bits per heavy atom. The summed E-state index contributed by atoms with van der Waals surface area (Å²) in [5.74, 6) is 1.12. The van der Waals surface area contributed by atoms with Crippen LogP contribution in [-0.4, -0.2) is 27.0 Å². The molecule has 1 heterocycles. The molecule has 1 aliphatic rings. The fourth-order valence-electron chi connectivity index (χ4n) is 3.12. The van der Waals surface area contributed by atoms with Gasteiger partial charge in [-0.3, -0.25) is 4.79 Å². The summed E-state index contributed by atoms with van der Waals surface area (Å²) in [7, 11) is 0. The highest BCUT2D eigenvalue weighted by Crippen LogP contribution is 2.41. The second-order valence-corrected chi connectivity index (χ2v) is 8.83. The van der Waals surface area contributed by atoms with Gasteiger partial charge in [0.2, 0.25) is 5.91 Å². The number of thioether (sulfide) groups is 2. The number of amides is 1. The van der Waals surface area contributed by atoms with E-state index in [9.17, 15) is 4.79 Å². The maximum absolute atomic E-state index is 12.6. The Balaban J connectivity index is 1.44. The highest BCUT2D eigenvalue weighted by atomic mass is 32.2. The van der Waals surface area contributed by atoms with Crippen LogP contribution in [0.5, 0.6) is 0 Å². The lowest BCUT2D eigenvalue weighted by Gasteiger charge is -2.12. The summed E-state index contributed by atoms with van der Waals surface area (Å²) in [6, 6.07) is 18.7. The average Bonchev–Trinajstić information content (AvgIpc) is 3.51. The minimum absolute atomic E-state index is 0.0201. The zero-order chi connectivity index (χ0) is 20.1. The maximum atomic E-state index is 12.6. The molecule has 148 valence electrons. The van der Waals surface area contributed by atoms with Crippen LogP contribution in [0.15, 0.2) is 83.5 Å². The first-order valence-corrected chi connectivity index (χ1v) is 11.6. The minimum atomic E-state index is -0.0201. The molecule has 0 unspecified atom stereocenters. The van der Waals surface area contributed by atoms with Crippen molar-refractivity contribution in [2.75, 3.05) is 16.8 Å². The van der Waals surface area contributed by atoms with E-state index in [2.05, 4.69) is 33.6 Å². The van der Waals surface area contributed by atoms with E-state index >= 15 is 0 Å². The van der Waals surface area contributed by atoms with Gasteiger partial charge in [0, 0.05) is 16.7 Å². The monoisotopic (exact) mass is 421 g/mol. The van der Waals surface area contributed by atoms with E-state index in [1.165, 1.54) is 24.6 Å². The number of hydrogen-bond donors (Lipinski definition) is 1. The third-order valence-electron chi connectivity index (χ3n) is 4.59. The van der Waals surface area contributed by atoms with Gasteiger partial charge in [0.1, 0.15) is 0 Å². The molecule has 0 radical (unpaired) electrons. The van der Waals surface area contributed by atoms with Gasteiger partial charge in [0.15, 0.2) is 5.16 Å². The van der Waals surface area contributed by atoms with Crippen LogP contribution in [0.3, 0.4) is 0 Å². The predicted octanol–water partition coefficient (Wildman–Crippen LogP) is 5.89. The van der Waals surface area contributed by atoms with Gasteiger partial charge in [-0.2, -0.15) is 0 Å². The lowest BCUT2D eigenvalue weighted by molar-refractivity contribution is -0.113. The number of para-hydroxylation sites is 1. The number of carbonyl (C=O) groups excluding carboxylic acids is 1. The number of nitrogens with zero attached hydrogens (tertiary/aromatic N) is 2. The van der Waals surface area contributed by atoms with Crippen molar-refractivity contribution in [1.82, 2.24) is 9.55 Å². The summed E-state index contributed by atoms with van der Waals surface area (Å²) in [5, 5.41) is 3.95. The van der Waals surface area contributed by atoms with Crippen LogP contribution in [-0.2, 0) is 4.79 Å². The minimum Gasteiger partial charge on any atom is -0.324 e. The summed E-state index contributed by atoms with van der Waals surface area (Å²) >= 11 is 3.16. The Morgan fingerprint density at radius 1 is 1.14 bits per heavy atom. The molecule has 0 spiro atoms. The Bertz CT molecular complexity index is 996. The predicted molar refractivity (Wildman–Crippen MR) is 123 cm³/mol. The molecule has 0 saturated heterocycles. The molecule has 29 heavy (non-hydrogen) atoms. The van der Waals surface area contributed by atoms with Crippen molar-refractivity contribution >= 4 is 35.1 Å². The quantitative estimate of drug-likeness (QED) is 0.345. The van der Waals surface area contributed by atoms with Gasteiger partial charge in [-0.1, -0.05) is 60.3 Å². The van der Waals surface area contributed by atoms with Gasteiger partial charge in [-0.25, -0.2) is 4.98 Å². The van der Waals surface area contributed by atoms with Crippen LogP contribution in [0.4, 0.5) is 5.69 Å². The van der Waals surface area contributed by atoms with Crippen molar-refractivity contribution in [3.05, 3.63) is 73.4 Å². The Labute approximate surface area is 179 Å². The number of aromatic nitrogens is 2. The second-order valence-electron chi connectivity index (χ2n) is 6.83. The summed E-state index contributed by atoms with van der Waals surface area (Å²) in [5.41, 5.74) is 3.14. The molecular formula is C23H23N3OS2. The molecule has 1 N–H and O–H groups in total. The van der Waals surface area contributed by atoms with E-state index in [-0.39, 0.29) is 5.91 Å². The first kappa shape index (κ1) is 19.9. The van der Waals surface area contributed by atoms with Crippen molar-refractivity contribution in [3.63, 3.8) is 0 Å². The number of carbonyl (C=O) groups is 1. The van der Waals surface area contributed by atoms with Crippen LogP contribution in [0, 0.1) is 0 Å². The molecule has 4 rings (SSSR count). The number of benzene rings is 2. The molecular weight excluding hydrogens is 398 g/mol. The molecule has 1 aliphatic carbocycles. The fourth-order valence-corrected chi connectivity index (χ4v) is 4.71. The van der Waals surface area contributed by atoms with E-state index in [0.717, 1.165) is 32.7 Å². The van der Waals surface area contributed by atoms with Crippen LogP contribution < -0.4 is 5.32 Å². The van der Waals surface area contributed by atoms with Gasteiger partial charge >= 0.3 is 0 Å². The zero-order valence-corrected chi connectivity index (χ0v) is 17.7. The van der Waals surface area contributed by atoms with Gasteiger partial charge in [-0.15, -0.1) is 18.3 Å². The number of rotatable bonds is 9. The standard InChI is InChI=1S/C23H23N3OS2/c1-2-14-28-21-11-7-6-10-19(21)25-22(27)16-29-23-24-15-20(26(23)18-12-13-18)17-8-4-3-5-9-17/h2-11,15,18H,1,12-14,16H2,(H,25,27). The van der Waals surface area contributed by atoms with Gasteiger partial charge < -0.3 is 9.88 Å². The SMILES string of the molecule is C=CCSc1ccccc1NC(=O)CSc1ncc(-c2ccccc2)n1C1CC1. The molecule has 0 atom stereocenters. The van der Waals surface area contributed by atoms with E-state index in [0.29, 0.717) is 11.8 Å². The fraction of sp³-hybridized carbons (Fsp3) is 0.217. The second kappa shape index (κ2) is 9.37. The summed E-state index contributed by atoms with van der Waals surface area (Å²) in [4.78, 5) is 18.3. The number of hydrogen-bond acceptors (Lipinski definition) is 4. The van der Waals surface area contributed by atoms with Crippen LogP contribution in [0.2, 0.25) is 0 Å². The van der Waals surface area contributed by atoms with Crippen LogP contribution >= 0.6 is 23.5 Å².